The van der Waals surface area contributed by atoms with Crippen molar-refractivity contribution in [2.75, 3.05) is 36.4 Å². The number of nitrogen functional groups attached to an aromatic ring is 2. The van der Waals surface area contributed by atoms with E-state index in [0.29, 0.717) is 28.0 Å². The summed E-state index contributed by atoms with van der Waals surface area (Å²) in [5.74, 6) is 0.110. The van der Waals surface area contributed by atoms with Crippen LogP contribution < -0.4 is 22.3 Å². The van der Waals surface area contributed by atoms with Crippen molar-refractivity contribution >= 4 is 28.5 Å². The van der Waals surface area contributed by atoms with Gasteiger partial charge in [-0.05, 0) is 50.1 Å². The number of nitrogens with one attached hydrogen (secondary N) is 1. The first-order chi connectivity index (χ1) is 20.4. The molecule has 4 aromatic rings. The number of anilines is 3. The summed E-state index contributed by atoms with van der Waals surface area (Å²) in [7, 11) is 0. The molecule has 0 amide bonds. The van der Waals surface area contributed by atoms with Crippen molar-refractivity contribution in [1.82, 2.24) is 24.4 Å². The van der Waals surface area contributed by atoms with Gasteiger partial charge in [-0.25, -0.2) is 4.98 Å². The molecule has 224 valence electrons. The number of benzene rings is 2. The highest BCUT2D eigenvalue weighted by Gasteiger charge is 2.51. The van der Waals surface area contributed by atoms with Crippen LogP contribution in [-0.4, -0.2) is 56.3 Å². The second-order valence-corrected chi connectivity index (χ2v) is 10.1. The molecule has 3 heterocycles. The maximum Gasteiger partial charge on any atom is 0.372 e. The number of nitriles is 1. The Kier molecular flexibility index (Phi) is 7.91. The lowest BCUT2D eigenvalue weighted by molar-refractivity contribution is -0.405. The quantitative estimate of drug-likeness (QED) is 0.255. The molecule has 1 aliphatic heterocycles. The minimum Gasteiger partial charge on any atom is -0.382 e. The number of rotatable bonds is 8. The highest BCUT2D eigenvalue weighted by Crippen LogP contribution is 2.33. The summed E-state index contributed by atoms with van der Waals surface area (Å²) in [5.41, 5.74) is 12.6. The van der Waals surface area contributed by atoms with Crippen molar-refractivity contribution in [2.45, 2.75) is 38.0 Å². The van der Waals surface area contributed by atoms with Gasteiger partial charge in [0, 0.05) is 0 Å². The van der Waals surface area contributed by atoms with Gasteiger partial charge in [0.15, 0.2) is 5.82 Å². The Labute approximate surface area is 242 Å². The summed E-state index contributed by atoms with van der Waals surface area (Å²) < 4.78 is 59.6. The van der Waals surface area contributed by atoms with Crippen molar-refractivity contribution < 1.29 is 22.3 Å². The topological polar surface area (TPSA) is 161 Å². The van der Waals surface area contributed by atoms with Crippen LogP contribution >= 0.6 is 0 Å². The highest BCUT2D eigenvalue weighted by molar-refractivity contribution is 5.82. The Morgan fingerprint density at radius 3 is 2.42 bits per heavy atom. The number of hydrogen-bond acceptors (Lipinski definition) is 10. The molecule has 0 aliphatic carbocycles. The van der Waals surface area contributed by atoms with Crippen LogP contribution in [-0.2, 0) is 11.2 Å². The van der Waals surface area contributed by atoms with Crippen molar-refractivity contribution in [2.24, 2.45) is 0 Å². The molecule has 43 heavy (non-hydrogen) atoms. The van der Waals surface area contributed by atoms with E-state index in [4.69, 9.17) is 16.5 Å². The second-order valence-electron chi connectivity index (χ2n) is 10.1. The van der Waals surface area contributed by atoms with Crippen molar-refractivity contribution in [1.29, 1.82) is 5.26 Å². The van der Waals surface area contributed by atoms with Gasteiger partial charge in [0.1, 0.15) is 23.3 Å². The molecule has 1 atom stereocenters. The molecular weight excluding hydrogens is 570 g/mol. The molecular formula is C28H27F4N9O2. The molecule has 0 spiro atoms. The first kappa shape index (κ1) is 29.7. The average molecular weight is 598 g/mol. The standard InChI is InChI=1S/C28H27F4N9O2/c1-16(36-23-19(13-33)22(34)38-26(35)39-23)24-37-20-11-5-7-17(21(20)25(42)41(24)18-9-3-2-4-10-18)8-6-12-40-14-27(29,30)43-28(31,32)15-40/h2-5,7,9-11,16H,6,8,12,14-15H2,1H3,(H5,34,35,36,38,39). The molecule has 1 saturated heterocycles. The van der Waals surface area contributed by atoms with Crippen molar-refractivity contribution in [3.63, 3.8) is 0 Å². The minimum absolute atomic E-state index is 0.0199. The van der Waals surface area contributed by atoms with Gasteiger partial charge in [-0.1, -0.05) is 30.3 Å². The van der Waals surface area contributed by atoms with Gasteiger partial charge in [-0.15, -0.1) is 0 Å². The van der Waals surface area contributed by atoms with E-state index in [9.17, 15) is 27.6 Å². The number of morpholine rings is 1. The zero-order valence-corrected chi connectivity index (χ0v) is 22.9. The number of aromatic nitrogens is 4. The Morgan fingerprint density at radius 1 is 1.05 bits per heavy atom. The SMILES string of the molecule is CC(Nc1nc(N)nc(N)c1C#N)c1nc2cccc(CCCN3CC(F)(F)OC(F)(F)C3)c2c(=O)n1-c1ccccc1. The molecule has 2 aromatic carbocycles. The van der Waals surface area contributed by atoms with Gasteiger partial charge < -0.3 is 16.8 Å². The minimum atomic E-state index is -3.97. The number of nitrogens with zero attached hydrogens (tertiary/aromatic N) is 6. The van der Waals surface area contributed by atoms with E-state index in [-0.39, 0.29) is 42.5 Å². The van der Waals surface area contributed by atoms with E-state index in [1.165, 1.54) is 4.57 Å². The number of ether oxygens (including phenoxy) is 1. The van der Waals surface area contributed by atoms with Gasteiger partial charge in [0.2, 0.25) is 5.95 Å². The van der Waals surface area contributed by atoms with Crippen LogP contribution in [0.15, 0.2) is 53.3 Å². The van der Waals surface area contributed by atoms with Gasteiger partial charge in [-0.2, -0.15) is 32.8 Å². The lowest BCUT2D eigenvalue weighted by atomic mass is 10.0. The third-order valence-corrected chi connectivity index (χ3v) is 6.87. The molecule has 1 fully saturated rings. The maximum atomic E-state index is 14.1. The average Bonchev–Trinajstić information content (AvgIpc) is 2.91. The number of hydrogen-bond donors (Lipinski definition) is 3. The fourth-order valence-corrected chi connectivity index (χ4v) is 5.13. The lowest BCUT2D eigenvalue weighted by Gasteiger charge is -2.36. The van der Waals surface area contributed by atoms with Crippen molar-refractivity contribution in [3.05, 3.63) is 75.8 Å². The summed E-state index contributed by atoms with van der Waals surface area (Å²) >= 11 is 0. The first-order valence-corrected chi connectivity index (χ1v) is 13.3. The van der Waals surface area contributed by atoms with Crippen molar-refractivity contribution in [3.8, 4) is 11.8 Å². The molecule has 0 radical (unpaired) electrons. The van der Waals surface area contributed by atoms with Crippen LogP contribution in [0.5, 0.6) is 0 Å². The smallest absolute Gasteiger partial charge is 0.372 e. The largest absolute Gasteiger partial charge is 0.382 e. The van der Waals surface area contributed by atoms with E-state index in [0.717, 1.165) is 4.90 Å². The second kappa shape index (κ2) is 11.5. The number of alkyl halides is 4. The zero-order valence-electron chi connectivity index (χ0n) is 22.9. The molecule has 5 rings (SSSR count). The highest BCUT2D eigenvalue weighted by atomic mass is 19.3. The molecule has 1 unspecified atom stereocenters. The third-order valence-electron chi connectivity index (χ3n) is 6.87. The summed E-state index contributed by atoms with van der Waals surface area (Å²) in [6.45, 7) is -0.241. The molecule has 1 aliphatic rings. The number of nitrogens with two attached hydrogens (primary N) is 2. The predicted octanol–water partition coefficient (Wildman–Crippen LogP) is 3.84. The predicted molar refractivity (Wildman–Crippen MR) is 151 cm³/mol. The van der Waals surface area contributed by atoms with E-state index in [1.54, 1.807) is 55.5 Å². The molecule has 15 heteroatoms. The monoisotopic (exact) mass is 597 g/mol. The summed E-state index contributed by atoms with van der Waals surface area (Å²) in [6, 6.07) is 15.1. The molecule has 2 aromatic heterocycles. The van der Waals surface area contributed by atoms with Crippen LogP contribution in [0.4, 0.5) is 35.1 Å². The summed E-state index contributed by atoms with van der Waals surface area (Å²) in [6.07, 6.45) is -7.46. The van der Waals surface area contributed by atoms with Gasteiger partial charge in [0.25, 0.3) is 5.56 Å². The molecule has 0 bridgehead atoms. The number of para-hydroxylation sites is 1. The molecule has 0 saturated carbocycles. The van der Waals surface area contributed by atoms with E-state index in [1.807, 2.05) is 6.07 Å². The number of fused-ring (bicyclic) bond motifs is 1. The summed E-state index contributed by atoms with van der Waals surface area (Å²) in [5, 5.41) is 12.9. The summed E-state index contributed by atoms with van der Waals surface area (Å²) in [4.78, 5) is 27.8. The number of halogens is 4. The van der Waals surface area contributed by atoms with Crippen LogP contribution in [0.25, 0.3) is 16.6 Å². The Morgan fingerprint density at radius 2 is 1.74 bits per heavy atom. The molecule has 11 nitrogen and oxygen atoms in total. The van der Waals surface area contributed by atoms with E-state index in [2.05, 4.69) is 20.0 Å². The maximum absolute atomic E-state index is 14.1. The zero-order chi connectivity index (χ0) is 30.9. The Balaban J connectivity index is 1.51. The third kappa shape index (κ3) is 6.35. The normalized spacial score (nSPS) is 16.9. The van der Waals surface area contributed by atoms with Crippen LogP contribution in [0.2, 0.25) is 0 Å². The fraction of sp³-hybridized carbons (Fsp3) is 0.321. The van der Waals surface area contributed by atoms with Crippen LogP contribution in [0.1, 0.15) is 36.3 Å². The fourth-order valence-electron chi connectivity index (χ4n) is 5.13. The number of aryl methyl sites for hydroxylation is 1. The van der Waals surface area contributed by atoms with Gasteiger partial charge in [0.05, 0.1) is 35.7 Å². The van der Waals surface area contributed by atoms with E-state index < -0.39 is 36.9 Å². The van der Waals surface area contributed by atoms with E-state index >= 15 is 0 Å². The lowest BCUT2D eigenvalue weighted by Crippen LogP contribution is -2.54. The molecule has 5 N–H and O–H groups in total. The Bertz CT molecular complexity index is 1740. The Hall–Kier alpha value is -4.81. The first-order valence-electron chi connectivity index (χ1n) is 13.3. The van der Waals surface area contributed by atoms with Gasteiger partial charge in [-0.3, -0.25) is 19.0 Å². The van der Waals surface area contributed by atoms with Gasteiger partial charge >= 0.3 is 12.2 Å². The van der Waals surface area contributed by atoms with Crippen LogP contribution in [0, 0.1) is 11.3 Å². The van der Waals surface area contributed by atoms with Crippen LogP contribution in [0.3, 0.4) is 0 Å².